The fourth-order valence-electron chi connectivity index (χ4n) is 2.52. The number of sulfonamides is 1. The Labute approximate surface area is 146 Å². The molecule has 0 fully saturated rings. The van der Waals surface area contributed by atoms with Crippen LogP contribution in [-0.2, 0) is 19.6 Å². The van der Waals surface area contributed by atoms with E-state index in [-0.39, 0.29) is 11.3 Å². The molecule has 0 spiro atoms. The van der Waals surface area contributed by atoms with Gasteiger partial charge in [-0.3, -0.25) is 14.3 Å². The highest BCUT2D eigenvalue weighted by Crippen LogP contribution is 2.35. The number of rotatable bonds is 7. The zero-order valence-corrected chi connectivity index (χ0v) is 14.4. The van der Waals surface area contributed by atoms with Crippen LogP contribution in [0.1, 0.15) is 29.3 Å². The molecule has 0 saturated carbocycles. The van der Waals surface area contributed by atoms with Gasteiger partial charge in [-0.25, -0.2) is 8.42 Å². The van der Waals surface area contributed by atoms with E-state index in [2.05, 4.69) is 4.72 Å². The Balaban J connectivity index is 2.54. The monoisotopic (exact) mass is 361 g/mol. The predicted octanol–water partition coefficient (Wildman–Crippen LogP) is 1.32. The lowest BCUT2D eigenvalue weighted by atomic mass is 9.96. The Hall–Kier alpha value is -2.87. The summed E-state index contributed by atoms with van der Waals surface area (Å²) in [5.41, 5.74) is 11.0. The molecule has 5 N–H and O–H groups in total. The number of primary amides is 2. The van der Waals surface area contributed by atoms with Crippen molar-refractivity contribution in [1.29, 1.82) is 0 Å². The summed E-state index contributed by atoms with van der Waals surface area (Å²) in [6, 6.07) is 14.2. The van der Waals surface area contributed by atoms with Crippen LogP contribution in [0.3, 0.4) is 0 Å². The second-order valence-corrected chi connectivity index (χ2v) is 7.87. The Morgan fingerprint density at radius 3 is 2.12 bits per heavy atom. The summed E-state index contributed by atoms with van der Waals surface area (Å²) >= 11 is 0. The lowest BCUT2D eigenvalue weighted by molar-refractivity contribution is -0.118. The number of carbonyl (C=O) groups is 2. The highest BCUT2D eigenvalue weighted by atomic mass is 32.2. The number of carbonyl (C=O) groups excluding carboxylic acids is 2. The molecular formula is C17H19N3O4S. The van der Waals surface area contributed by atoms with Crippen molar-refractivity contribution < 1.29 is 18.0 Å². The minimum atomic E-state index is -4.14. The standard InChI is InChI=1S/C17H19N3O4S/c1-17(11-15(18)21,12-7-3-2-4-8-12)25(23,24)20-14-10-6-5-9-13(14)16(19)22/h2-10,20H,11H2,1H3,(H2,18,21)(H2,19,22). The zero-order valence-electron chi connectivity index (χ0n) is 13.6. The number of anilines is 1. The molecule has 0 heterocycles. The van der Waals surface area contributed by atoms with E-state index in [1.807, 2.05) is 0 Å². The lowest BCUT2D eigenvalue weighted by Gasteiger charge is -2.29. The minimum absolute atomic E-state index is 0.0283. The molecule has 25 heavy (non-hydrogen) atoms. The van der Waals surface area contributed by atoms with Crippen molar-refractivity contribution in [2.24, 2.45) is 11.5 Å². The topological polar surface area (TPSA) is 132 Å². The molecule has 0 aromatic heterocycles. The molecule has 2 amide bonds. The largest absolute Gasteiger partial charge is 0.370 e. The molecule has 0 bridgehead atoms. The number of amides is 2. The Kier molecular flexibility index (Phi) is 5.13. The molecule has 2 rings (SSSR count). The van der Waals surface area contributed by atoms with Gasteiger partial charge in [0.25, 0.3) is 5.91 Å². The lowest BCUT2D eigenvalue weighted by Crippen LogP contribution is -2.41. The molecule has 7 nitrogen and oxygen atoms in total. The van der Waals surface area contributed by atoms with Gasteiger partial charge in [-0.1, -0.05) is 42.5 Å². The number of hydrogen-bond donors (Lipinski definition) is 3. The summed E-state index contributed by atoms with van der Waals surface area (Å²) < 4.78 is 26.9. The van der Waals surface area contributed by atoms with Crippen LogP contribution >= 0.6 is 0 Å². The van der Waals surface area contributed by atoms with Crippen molar-refractivity contribution in [3.05, 3.63) is 65.7 Å². The average molecular weight is 361 g/mol. The first-order valence-corrected chi connectivity index (χ1v) is 8.91. The van der Waals surface area contributed by atoms with Crippen LogP contribution in [0.5, 0.6) is 0 Å². The van der Waals surface area contributed by atoms with Gasteiger partial charge >= 0.3 is 0 Å². The van der Waals surface area contributed by atoms with Crippen molar-refractivity contribution in [1.82, 2.24) is 0 Å². The van der Waals surface area contributed by atoms with Crippen LogP contribution in [0.25, 0.3) is 0 Å². The molecule has 0 saturated heterocycles. The smallest absolute Gasteiger partial charge is 0.250 e. The highest BCUT2D eigenvalue weighted by molar-refractivity contribution is 7.93. The minimum Gasteiger partial charge on any atom is -0.370 e. The summed E-state index contributed by atoms with van der Waals surface area (Å²) in [6.07, 6.45) is -0.426. The molecule has 0 aliphatic carbocycles. The summed E-state index contributed by atoms with van der Waals surface area (Å²) in [4.78, 5) is 23.0. The molecule has 0 radical (unpaired) electrons. The first-order chi connectivity index (χ1) is 11.7. The van der Waals surface area contributed by atoms with Gasteiger partial charge in [0.15, 0.2) is 0 Å². The second kappa shape index (κ2) is 6.94. The van der Waals surface area contributed by atoms with E-state index in [1.54, 1.807) is 42.5 Å². The van der Waals surface area contributed by atoms with Crippen molar-refractivity contribution in [2.75, 3.05) is 4.72 Å². The van der Waals surface area contributed by atoms with E-state index >= 15 is 0 Å². The van der Waals surface area contributed by atoms with Gasteiger partial charge in [0, 0.05) is 0 Å². The quantitative estimate of drug-likeness (QED) is 0.686. The van der Waals surface area contributed by atoms with Crippen LogP contribution in [0.15, 0.2) is 54.6 Å². The fourth-order valence-corrected chi connectivity index (χ4v) is 3.99. The van der Waals surface area contributed by atoms with Crippen molar-refractivity contribution in [3.8, 4) is 0 Å². The third kappa shape index (κ3) is 3.80. The molecule has 1 unspecified atom stereocenters. The maximum absolute atomic E-state index is 13.1. The van der Waals surface area contributed by atoms with Crippen LogP contribution in [0.4, 0.5) is 5.69 Å². The normalized spacial score (nSPS) is 13.6. The van der Waals surface area contributed by atoms with E-state index in [0.29, 0.717) is 5.56 Å². The molecular weight excluding hydrogens is 342 g/mol. The SMILES string of the molecule is CC(CC(N)=O)(c1ccccc1)S(=O)(=O)Nc1ccccc1C(N)=O. The van der Waals surface area contributed by atoms with Crippen LogP contribution in [0.2, 0.25) is 0 Å². The van der Waals surface area contributed by atoms with Gasteiger partial charge in [-0.2, -0.15) is 0 Å². The summed E-state index contributed by atoms with van der Waals surface area (Å²) in [6.45, 7) is 1.41. The van der Waals surface area contributed by atoms with Crippen LogP contribution < -0.4 is 16.2 Å². The molecule has 8 heteroatoms. The van der Waals surface area contributed by atoms with Gasteiger partial charge < -0.3 is 11.5 Å². The maximum Gasteiger partial charge on any atom is 0.250 e. The maximum atomic E-state index is 13.1. The summed E-state index contributed by atoms with van der Waals surface area (Å²) in [7, 11) is -4.14. The second-order valence-electron chi connectivity index (χ2n) is 5.76. The molecule has 1 atom stereocenters. The number of nitrogens with two attached hydrogens (primary N) is 2. The van der Waals surface area contributed by atoms with E-state index in [4.69, 9.17) is 11.5 Å². The summed E-state index contributed by atoms with van der Waals surface area (Å²) in [5, 5.41) is 0. The Morgan fingerprint density at radius 2 is 1.56 bits per heavy atom. The van der Waals surface area contributed by atoms with Crippen molar-refractivity contribution in [3.63, 3.8) is 0 Å². The molecule has 132 valence electrons. The predicted molar refractivity (Wildman–Crippen MR) is 95.1 cm³/mol. The number of hydrogen-bond acceptors (Lipinski definition) is 4. The first kappa shape index (κ1) is 18.5. The van der Waals surface area contributed by atoms with Gasteiger partial charge in [0.2, 0.25) is 15.9 Å². The van der Waals surface area contributed by atoms with Gasteiger partial charge in [-0.05, 0) is 24.6 Å². The van der Waals surface area contributed by atoms with Crippen LogP contribution in [-0.4, -0.2) is 20.2 Å². The number of benzene rings is 2. The zero-order chi connectivity index (χ0) is 18.7. The van der Waals surface area contributed by atoms with E-state index < -0.39 is 33.0 Å². The van der Waals surface area contributed by atoms with Gasteiger partial charge in [0.1, 0.15) is 4.75 Å². The van der Waals surface area contributed by atoms with Gasteiger partial charge in [-0.15, -0.1) is 0 Å². The van der Waals surface area contributed by atoms with Gasteiger partial charge in [0.05, 0.1) is 17.7 Å². The molecule has 0 aliphatic heterocycles. The molecule has 2 aromatic carbocycles. The molecule has 2 aromatic rings. The van der Waals surface area contributed by atoms with E-state index in [1.165, 1.54) is 19.1 Å². The fraction of sp³-hybridized carbons (Fsp3) is 0.176. The highest BCUT2D eigenvalue weighted by Gasteiger charge is 2.42. The summed E-state index contributed by atoms with van der Waals surface area (Å²) in [5.74, 6) is -1.53. The van der Waals surface area contributed by atoms with Crippen LogP contribution in [0, 0.1) is 0 Å². The Bertz CT molecular complexity index is 897. The first-order valence-electron chi connectivity index (χ1n) is 7.42. The third-order valence-corrected chi connectivity index (χ3v) is 5.98. The third-order valence-electron chi connectivity index (χ3n) is 3.93. The number of para-hydroxylation sites is 1. The number of nitrogens with one attached hydrogen (secondary N) is 1. The van der Waals surface area contributed by atoms with E-state index in [0.717, 1.165) is 0 Å². The van der Waals surface area contributed by atoms with Crippen molar-refractivity contribution in [2.45, 2.75) is 18.1 Å². The Morgan fingerprint density at radius 1 is 1.00 bits per heavy atom. The van der Waals surface area contributed by atoms with E-state index in [9.17, 15) is 18.0 Å². The average Bonchev–Trinajstić information content (AvgIpc) is 2.54. The molecule has 0 aliphatic rings. The van der Waals surface area contributed by atoms with Crippen molar-refractivity contribution >= 4 is 27.5 Å².